The van der Waals surface area contributed by atoms with Crippen LogP contribution in [0.4, 0.5) is 0 Å². The Morgan fingerprint density at radius 1 is 1.10 bits per heavy atom. The van der Waals surface area contributed by atoms with Crippen LogP contribution in [0.3, 0.4) is 0 Å². The standard InChI is InChI=1S/C22H32N4O4S/c1-6-23-22(24-15-17(2)30-20-12-9-11-19(14-20)29-5)25-16-18-10-7-8-13-21(18)31(27,28)26(3)4/h7-14,17H,6,15-16H2,1-5H3,(H2,23,24,25). The van der Waals surface area contributed by atoms with Gasteiger partial charge in [0.05, 0.1) is 25.1 Å². The molecule has 0 saturated heterocycles. The molecule has 2 rings (SSSR count). The third kappa shape index (κ3) is 7.15. The highest BCUT2D eigenvalue weighted by atomic mass is 32.2. The van der Waals surface area contributed by atoms with Crippen LogP contribution in [0.5, 0.6) is 11.5 Å². The van der Waals surface area contributed by atoms with Gasteiger partial charge in [-0.3, -0.25) is 0 Å². The van der Waals surface area contributed by atoms with Crippen LogP contribution in [-0.2, 0) is 16.6 Å². The maximum Gasteiger partial charge on any atom is 0.242 e. The molecule has 2 N–H and O–H groups in total. The number of nitrogens with zero attached hydrogens (tertiary/aromatic N) is 2. The summed E-state index contributed by atoms with van der Waals surface area (Å²) < 4.78 is 37.5. The molecule has 31 heavy (non-hydrogen) atoms. The van der Waals surface area contributed by atoms with Crippen molar-refractivity contribution in [2.24, 2.45) is 4.99 Å². The highest BCUT2D eigenvalue weighted by Gasteiger charge is 2.20. The van der Waals surface area contributed by atoms with Gasteiger partial charge in [-0.2, -0.15) is 0 Å². The molecule has 9 heteroatoms. The van der Waals surface area contributed by atoms with E-state index in [-0.39, 0.29) is 17.5 Å². The van der Waals surface area contributed by atoms with Crippen molar-refractivity contribution in [3.05, 3.63) is 54.1 Å². The number of aliphatic imine (C=N–C) groups is 1. The summed E-state index contributed by atoms with van der Waals surface area (Å²) >= 11 is 0. The number of benzene rings is 2. The molecule has 0 saturated carbocycles. The van der Waals surface area contributed by atoms with E-state index in [1.54, 1.807) is 25.3 Å². The van der Waals surface area contributed by atoms with Gasteiger partial charge in [-0.25, -0.2) is 17.7 Å². The Morgan fingerprint density at radius 3 is 2.48 bits per heavy atom. The topological polar surface area (TPSA) is 92.3 Å². The molecule has 0 radical (unpaired) electrons. The second kappa shape index (κ2) is 11.6. The summed E-state index contributed by atoms with van der Waals surface area (Å²) in [6, 6.07) is 14.3. The maximum atomic E-state index is 12.6. The van der Waals surface area contributed by atoms with Gasteiger partial charge in [-0.15, -0.1) is 0 Å². The van der Waals surface area contributed by atoms with Crippen LogP contribution < -0.4 is 20.1 Å². The lowest BCUT2D eigenvalue weighted by atomic mass is 10.2. The molecule has 0 aliphatic heterocycles. The lowest BCUT2D eigenvalue weighted by Gasteiger charge is -2.18. The molecule has 2 aromatic carbocycles. The number of sulfonamides is 1. The molecule has 8 nitrogen and oxygen atoms in total. The zero-order valence-electron chi connectivity index (χ0n) is 18.8. The molecule has 0 aromatic heterocycles. The molecular formula is C22H32N4O4S. The molecule has 0 amide bonds. The van der Waals surface area contributed by atoms with Gasteiger partial charge in [0.15, 0.2) is 5.96 Å². The number of hydrogen-bond donors (Lipinski definition) is 2. The van der Waals surface area contributed by atoms with Crippen LogP contribution in [0.15, 0.2) is 58.4 Å². The summed E-state index contributed by atoms with van der Waals surface area (Å²) in [4.78, 5) is 4.82. The number of nitrogens with one attached hydrogen (secondary N) is 2. The lowest BCUT2D eigenvalue weighted by molar-refractivity contribution is 0.223. The summed E-state index contributed by atoms with van der Waals surface area (Å²) in [7, 11) is 1.11. The Balaban J connectivity index is 2.06. The average Bonchev–Trinajstić information content (AvgIpc) is 2.75. The minimum absolute atomic E-state index is 0.127. The molecule has 0 aliphatic rings. The SMILES string of the molecule is CCNC(=NCc1ccccc1S(=O)(=O)N(C)C)NCC(C)Oc1cccc(OC)c1. The van der Waals surface area contributed by atoms with Crippen molar-refractivity contribution in [2.75, 3.05) is 34.3 Å². The van der Waals surface area contributed by atoms with Crippen molar-refractivity contribution in [3.8, 4) is 11.5 Å². The van der Waals surface area contributed by atoms with Crippen molar-refractivity contribution in [1.29, 1.82) is 0 Å². The molecule has 0 heterocycles. The number of rotatable bonds is 10. The van der Waals surface area contributed by atoms with Crippen LogP contribution >= 0.6 is 0 Å². The highest BCUT2D eigenvalue weighted by molar-refractivity contribution is 7.89. The monoisotopic (exact) mass is 448 g/mol. The Morgan fingerprint density at radius 2 is 1.81 bits per heavy atom. The first-order chi connectivity index (χ1) is 14.8. The number of hydrogen-bond acceptors (Lipinski definition) is 5. The van der Waals surface area contributed by atoms with Gasteiger partial charge in [-0.1, -0.05) is 24.3 Å². The summed E-state index contributed by atoms with van der Waals surface area (Å²) in [6.07, 6.45) is -0.127. The second-order valence-electron chi connectivity index (χ2n) is 7.08. The first-order valence-corrected chi connectivity index (χ1v) is 11.5. The van der Waals surface area contributed by atoms with E-state index in [1.807, 2.05) is 44.2 Å². The molecule has 170 valence electrons. The van der Waals surface area contributed by atoms with E-state index in [9.17, 15) is 8.42 Å². The molecule has 0 fully saturated rings. The number of guanidine groups is 1. The van der Waals surface area contributed by atoms with E-state index in [0.29, 0.717) is 24.6 Å². The van der Waals surface area contributed by atoms with Crippen molar-refractivity contribution in [1.82, 2.24) is 14.9 Å². The summed E-state index contributed by atoms with van der Waals surface area (Å²) in [5, 5.41) is 6.42. The molecule has 1 atom stereocenters. The van der Waals surface area contributed by atoms with Gasteiger partial charge in [0.2, 0.25) is 10.0 Å². The quantitative estimate of drug-likeness (QED) is 0.429. The number of methoxy groups -OCH3 is 1. The van der Waals surface area contributed by atoms with Crippen LogP contribution in [0.1, 0.15) is 19.4 Å². The van der Waals surface area contributed by atoms with Gasteiger partial charge >= 0.3 is 0 Å². The largest absolute Gasteiger partial charge is 0.497 e. The van der Waals surface area contributed by atoms with Gasteiger partial charge in [0.1, 0.15) is 17.6 Å². The van der Waals surface area contributed by atoms with Crippen molar-refractivity contribution in [2.45, 2.75) is 31.4 Å². The summed E-state index contributed by atoms with van der Waals surface area (Å²) in [5.41, 5.74) is 0.633. The maximum absolute atomic E-state index is 12.6. The van der Waals surface area contributed by atoms with Crippen LogP contribution in [0.25, 0.3) is 0 Å². The van der Waals surface area contributed by atoms with Gasteiger partial charge in [-0.05, 0) is 37.6 Å². The predicted molar refractivity (Wildman–Crippen MR) is 123 cm³/mol. The first kappa shape index (κ1) is 24.5. The predicted octanol–water partition coefficient (Wildman–Crippen LogP) is 2.47. The van der Waals surface area contributed by atoms with E-state index in [2.05, 4.69) is 15.6 Å². The molecule has 1 unspecified atom stereocenters. The fraction of sp³-hybridized carbons (Fsp3) is 0.409. The van der Waals surface area contributed by atoms with E-state index < -0.39 is 10.0 Å². The minimum Gasteiger partial charge on any atom is -0.497 e. The van der Waals surface area contributed by atoms with Crippen molar-refractivity contribution >= 4 is 16.0 Å². The fourth-order valence-corrected chi connectivity index (χ4v) is 3.89. The average molecular weight is 449 g/mol. The van der Waals surface area contributed by atoms with E-state index in [4.69, 9.17) is 9.47 Å². The summed E-state index contributed by atoms with van der Waals surface area (Å²) in [6.45, 7) is 5.34. The third-order valence-electron chi connectivity index (χ3n) is 4.42. The molecule has 0 spiro atoms. The number of ether oxygens (including phenoxy) is 2. The van der Waals surface area contributed by atoms with Crippen LogP contribution in [0, 0.1) is 0 Å². The third-order valence-corrected chi connectivity index (χ3v) is 6.33. The Hall–Kier alpha value is -2.78. The zero-order chi connectivity index (χ0) is 22.9. The summed E-state index contributed by atoms with van der Waals surface area (Å²) in [5.74, 6) is 2.04. The van der Waals surface area contributed by atoms with Gasteiger partial charge in [0, 0.05) is 26.7 Å². The normalized spacial score (nSPS) is 13.0. The fourth-order valence-electron chi connectivity index (χ4n) is 2.78. The Kier molecular flexibility index (Phi) is 9.14. The highest BCUT2D eigenvalue weighted by Crippen LogP contribution is 2.20. The van der Waals surface area contributed by atoms with Crippen LogP contribution in [0.2, 0.25) is 0 Å². The molecule has 0 bridgehead atoms. The van der Waals surface area contributed by atoms with Crippen LogP contribution in [-0.4, -0.2) is 59.1 Å². The Bertz CT molecular complexity index is 977. The van der Waals surface area contributed by atoms with Gasteiger partial charge < -0.3 is 20.1 Å². The van der Waals surface area contributed by atoms with Crippen molar-refractivity contribution in [3.63, 3.8) is 0 Å². The molecule has 0 aliphatic carbocycles. The molecular weight excluding hydrogens is 416 g/mol. The Labute approximate surface area is 185 Å². The minimum atomic E-state index is -3.54. The van der Waals surface area contributed by atoms with E-state index >= 15 is 0 Å². The second-order valence-corrected chi connectivity index (χ2v) is 9.20. The van der Waals surface area contributed by atoms with Crippen molar-refractivity contribution < 1.29 is 17.9 Å². The first-order valence-electron chi connectivity index (χ1n) is 10.1. The van der Waals surface area contributed by atoms with Gasteiger partial charge in [0.25, 0.3) is 0 Å². The molecule has 2 aromatic rings. The smallest absolute Gasteiger partial charge is 0.242 e. The van der Waals surface area contributed by atoms with E-state index in [0.717, 1.165) is 11.5 Å². The zero-order valence-corrected chi connectivity index (χ0v) is 19.6. The van der Waals surface area contributed by atoms with E-state index in [1.165, 1.54) is 18.4 Å². The lowest BCUT2D eigenvalue weighted by Crippen LogP contribution is -2.41.